The molecule has 0 spiro atoms. The zero-order valence-electron chi connectivity index (χ0n) is 23.0. The van der Waals surface area contributed by atoms with Crippen LogP contribution in [0.2, 0.25) is 0 Å². The number of Topliss-reactive ketones (excluding diaryl/α,β-unsaturated/α-hetero) is 1. The summed E-state index contributed by atoms with van der Waals surface area (Å²) < 4.78 is 32.4. The first-order chi connectivity index (χ1) is 19.7. The summed E-state index contributed by atoms with van der Waals surface area (Å²) in [5.74, 6) is 0.233. The minimum absolute atomic E-state index is 0.00546. The molecule has 4 rings (SSSR count). The van der Waals surface area contributed by atoms with Crippen LogP contribution in [0.5, 0.6) is 5.75 Å². The predicted molar refractivity (Wildman–Crippen MR) is 154 cm³/mol. The molecule has 14 heteroatoms. The van der Waals surface area contributed by atoms with E-state index in [1.807, 2.05) is 30.3 Å². The number of imidazole rings is 1. The normalized spacial score (nSPS) is 13.7. The molecular weight excluding hydrogens is 549 g/mol. The van der Waals surface area contributed by atoms with Crippen molar-refractivity contribution in [3.8, 4) is 5.75 Å². The Morgan fingerprint density at radius 2 is 1.85 bits per heavy atom. The number of aliphatic imine (C=N–C) groups is 1. The summed E-state index contributed by atoms with van der Waals surface area (Å²) in [4.78, 5) is 41.6. The van der Waals surface area contributed by atoms with Crippen LogP contribution in [-0.4, -0.2) is 69.9 Å². The molecule has 4 aromatic rings. The van der Waals surface area contributed by atoms with Crippen LogP contribution in [-0.2, 0) is 31.8 Å². The number of nitrogens with one attached hydrogen (secondary N) is 2. The second-order valence-electron chi connectivity index (χ2n) is 9.24. The van der Waals surface area contributed by atoms with Gasteiger partial charge in [0.05, 0.1) is 31.9 Å². The first-order valence-corrected chi connectivity index (χ1v) is 14.3. The fraction of sp³-hybridized carbons (Fsp3) is 0.296. The van der Waals surface area contributed by atoms with Gasteiger partial charge in [0.25, 0.3) is 5.56 Å². The highest BCUT2D eigenvalue weighted by molar-refractivity contribution is 7.52. The Bertz CT molecular complexity index is 1570. The van der Waals surface area contributed by atoms with Crippen LogP contribution < -0.4 is 15.2 Å². The van der Waals surface area contributed by atoms with Crippen molar-refractivity contribution >= 4 is 37.0 Å². The number of benzene rings is 2. The topological polar surface area (TPSA) is 153 Å². The van der Waals surface area contributed by atoms with E-state index >= 15 is 0 Å². The first-order valence-electron chi connectivity index (χ1n) is 12.8. The van der Waals surface area contributed by atoms with Gasteiger partial charge in [-0.25, -0.2) is 19.6 Å². The van der Waals surface area contributed by atoms with Crippen molar-refractivity contribution in [2.75, 3.05) is 27.3 Å². The van der Waals surface area contributed by atoms with Gasteiger partial charge in [-0.2, -0.15) is 4.98 Å². The Morgan fingerprint density at radius 1 is 1.15 bits per heavy atom. The lowest BCUT2D eigenvalue weighted by Crippen LogP contribution is -2.37. The van der Waals surface area contributed by atoms with E-state index in [4.69, 9.17) is 13.8 Å². The standard InChI is InChI=1S/C27H32N7O6P/c1-20(35)23(16-21-10-6-4-7-11-21)32-41(37,40-22-12-8-5-9-13-22)39-15-14-38-19-34-18-28-24-25(34)30-27(31-26(24)36)29-17-33(2)3/h4-13,17-18,23H,14-16,19H2,1-3H3,(H,32,37)(H,30,31,36)/b29-17+/t23-,41?/m0/s1. The van der Waals surface area contributed by atoms with Gasteiger partial charge in [-0.15, -0.1) is 0 Å². The van der Waals surface area contributed by atoms with E-state index in [9.17, 15) is 14.2 Å². The SMILES string of the molecule is CC(=O)[C@H](Cc1ccccc1)NP(=O)(OCCOCn1cnc2c(=O)[nH]c(/N=C/N(C)C)nc21)Oc1ccccc1. The Labute approximate surface area is 236 Å². The van der Waals surface area contributed by atoms with Gasteiger partial charge in [-0.05, 0) is 31.0 Å². The summed E-state index contributed by atoms with van der Waals surface area (Å²) in [7, 11) is -0.415. The molecule has 0 bridgehead atoms. The molecule has 1 unspecified atom stereocenters. The van der Waals surface area contributed by atoms with Crippen LogP contribution in [0.1, 0.15) is 12.5 Å². The molecule has 2 heterocycles. The summed E-state index contributed by atoms with van der Waals surface area (Å²) in [6.45, 7) is 1.31. The van der Waals surface area contributed by atoms with Crippen molar-refractivity contribution < 1.29 is 23.1 Å². The summed E-state index contributed by atoms with van der Waals surface area (Å²) >= 11 is 0. The van der Waals surface area contributed by atoms with Crippen LogP contribution in [0.4, 0.5) is 5.95 Å². The highest BCUT2D eigenvalue weighted by atomic mass is 31.2. The predicted octanol–water partition coefficient (Wildman–Crippen LogP) is 3.31. The third-order valence-electron chi connectivity index (χ3n) is 5.65. The summed E-state index contributed by atoms with van der Waals surface area (Å²) in [5.41, 5.74) is 0.909. The van der Waals surface area contributed by atoms with Crippen molar-refractivity contribution in [3.05, 3.63) is 82.9 Å². The quantitative estimate of drug-likeness (QED) is 0.0925. The van der Waals surface area contributed by atoms with Gasteiger partial charge in [0.1, 0.15) is 18.3 Å². The van der Waals surface area contributed by atoms with Crippen molar-refractivity contribution in [3.63, 3.8) is 0 Å². The molecule has 0 aliphatic rings. The zero-order chi connectivity index (χ0) is 29.2. The fourth-order valence-electron chi connectivity index (χ4n) is 3.68. The maximum Gasteiger partial charge on any atom is 0.459 e. The summed E-state index contributed by atoms with van der Waals surface area (Å²) in [6.07, 6.45) is 3.25. The van der Waals surface area contributed by atoms with Crippen molar-refractivity contribution in [1.29, 1.82) is 0 Å². The molecular formula is C27H32N7O6P. The van der Waals surface area contributed by atoms with Gasteiger partial charge >= 0.3 is 7.75 Å². The number of ether oxygens (including phenoxy) is 1. The van der Waals surface area contributed by atoms with Crippen molar-refractivity contribution in [1.82, 2.24) is 29.5 Å². The number of aromatic amines is 1. The fourth-order valence-corrected chi connectivity index (χ4v) is 5.23. The van der Waals surface area contributed by atoms with E-state index in [2.05, 4.69) is 25.0 Å². The number of carbonyl (C=O) groups is 1. The Kier molecular flexibility index (Phi) is 10.1. The van der Waals surface area contributed by atoms with E-state index in [1.54, 1.807) is 53.9 Å². The largest absolute Gasteiger partial charge is 0.459 e. The van der Waals surface area contributed by atoms with Crippen molar-refractivity contribution in [2.24, 2.45) is 4.99 Å². The molecule has 2 aromatic heterocycles. The van der Waals surface area contributed by atoms with E-state index in [0.29, 0.717) is 17.8 Å². The Hall–Kier alpha value is -4.16. The average Bonchev–Trinajstić information content (AvgIpc) is 3.36. The molecule has 0 saturated carbocycles. The maximum absolute atomic E-state index is 13.8. The lowest BCUT2D eigenvalue weighted by molar-refractivity contribution is -0.118. The number of H-pyrrole nitrogens is 1. The molecule has 0 amide bonds. The number of para-hydroxylation sites is 1. The zero-order valence-corrected chi connectivity index (χ0v) is 23.9. The van der Waals surface area contributed by atoms with Crippen molar-refractivity contribution in [2.45, 2.75) is 26.1 Å². The monoisotopic (exact) mass is 581 g/mol. The molecule has 13 nitrogen and oxygen atoms in total. The molecule has 0 fully saturated rings. The van der Waals surface area contributed by atoms with Crippen LogP contribution in [0.3, 0.4) is 0 Å². The molecule has 2 atom stereocenters. The lowest BCUT2D eigenvalue weighted by atomic mass is 10.0. The number of ketones is 1. The summed E-state index contributed by atoms with van der Waals surface area (Å²) in [5, 5.41) is 2.81. The number of hydrogen-bond acceptors (Lipinski definition) is 9. The second-order valence-corrected chi connectivity index (χ2v) is 10.9. The molecule has 0 radical (unpaired) electrons. The Balaban J connectivity index is 1.41. The Morgan fingerprint density at radius 3 is 2.54 bits per heavy atom. The maximum atomic E-state index is 13.8. The van der Waals surface area contributed by atoms with Crippen LogP contribution in [0, 0.1) is 0 Å². The number of hydrogen-bond donors (Lipinski definition) is 2. The average molecular weight is 582 g/mol. The third kappa shape index (κ3) is 8.66. The number of nitrogens with zero attached hydrogens (tertiary/aromatic N) is 5. The minimum Gasteiger partial charge on any atom is -0.413 e. The van der Waals surface area contributed by atoms with Gasteiger partial charge in [-0.1, -0.05) is 48.5 Å². The van der Waals surface area contributed by atoms with E-state index in [-0.39, 0.29) is 37.2 Å². The molecule has 0 aliphatic heterocycles. The van der Waals surface area contributed by atoms with Gasteiger partial charge in [0.2, 0.25) is 5.95 Å². The van der Waals surface area contributed by atoms with Crippen LogP contribution in [0.25, 0.3) is 11.2 Å². The van der Waals surface area contributed by atoms with Gasteiger partial charge in [-0.3, -0.25) is 23.7 Å². The molecule has 216 valence electrons. The summed E-state index contributed by atoms with van der Waals surface area (Å²) in [6, 6.07) is 17.1. The molecule has 41 heavy (non-hydrogen) atoms. The van der Waals surface area contributed by atoms with E-state index < -0.39 is 19.3 Å². The highest BCUT2D eigenvalue weighted by Gasteiger charge is 2.32. The smallest absolute Gasteiger partial charge is 0.413 e. The molecule has 2 aromatic carbocycles. The second kappa shape index (κ2) is 14.0. The number of rotatable bonds is 15. The van der Waals surface area contributed by atoms with Gasteiger partial charge in [0, 0.05) is 14.1 Å². The van der Waals surface area contributed by atoms with E-state index in [1.165, 1.54) is 19.6 Å². The number of aromatic nitrogens is 4. The van der Waals surface area contributed by atoms with E-state index in [0.717, 1.165) is 5.56 Å². The highest BCUT2D eigenvalue weighted by Crippen LogP contribution is 2.45. The minimum atomic E-state index is -4.00. The molecule has 0 aliphatic carbocycles. The first kappa shape index (κ1) is 29.8. The number of fused-ring (bicyclic) bond motifs is 1. The third-order valence-corrected chi connectivity index (χ3v) is 7.25. The number of carbonyl (C=O) groups excluding carboxylic acids is 1. The van der Waals surface area contributed by atoms with Crippen LogP contribution >= 0.6 is 7.75 Å². The molecule has 0 saturated heterocycles. The van der Waals surface area contributed by atoms with Gasteiger partial charge in [0.15, 0.2) is 11.2 Å². The molecule has 2 N–H and O–H groups in total. The van der Waals surface area contributed by atoms with Gasteiger partial charge < -0.3 is 14.2 Å². The lowest BCUT2D eigenvalue weighted by Gasteiger charge is -2.24. The van der Waals surface area contributed by atoms with Crippen LogP contribution in [0.15, 0.2) is 76.8 Å².